The molecule has 1 aromatic carbocycles. The van der Waals surface area contributed by atoms with E-state index in [0.29, 0.717) is 0 Å². The Labute approximate surface area is 131 Å². The first-order chi connectivity index (χ1) is 10.8. The van der Waals surface area contributed by atoms with Gasteiger partial charge in [0.15, 0.2) is 0 Å². The van der Waals surface area contributed by atoms with Gasteiger partial charge in [0.05, 0.1) is 0 Å². The number of fused-ring (bicyclic) bond motifs is 1. The molecule has 1 fully saturated rings. The second-order valence-corrected chi connectivity index (χ2v) is 6.06. The number of likely N-dealkylation sites (N-methyl/N-ethyl adjacent to an activating group) is 1. The largest absolute Gasteiger partial charge is 0.354 e. The molecule has 2 aliphatic heterocycles. The number of aromatic nitrogens is 2. The number of anilines is 3. The van der Waals surface area contributed by atoms with Crippen molar-refractivity contribution in [3.05, 3.63) is 42.2 Å². The van der Waals surface area contributed by atoms with Crippen molar-refractivity contribution in [1.82, 2.24) is 14.9 Å². The summed E-state index contributed by atoms with van der Waals surface area (Å²) in [6.07, 6.45) is 2.79. The van der Waals surface area contributed by atoms with Gasteiger partial charge in [-0.05, 0) is 25.1 Å². The fourth-order valence-corrected chi connectivity index (χ4v) is 3.27. The molecule has 2 aliphatic rings. The standard InChI is InChI=1S/C17H21N5/c1-20-8-10-21(11-9-20)16-12-17(19-13-18-16)22-7-6-14-4-2-3-5-15(14)22/h2-5,12-13H,6-11H2,1H3. The highest BCUT2D eigenvalue weighted by atomic mass is 15.3. The van der Waals surface area contributed by atoms with E-state index in [2.05, 4.69) is 62.0 Å². The van der Waals surface area contributed by atoms with Crippen LogP contribution in [-0.2, 0) is 6.42 Å². The summed E-state index contributed by atoms with van der Waals surface area (Å²) in [6, 6.07) is 10.7. The van der Waals surface area contributed by atoms with Crippen molar-refractivity contribution in [2.24, 2.45) is 0 Å². The van der Waals surface area contributed by atoms with E-state index < -0.39 is 0 Å². The smallest absolute Gasteiger partial charge is 0.138 e. The molecule has 0 aliphatic carbocycles. The Balaban J connectivity index is 1.60. The lowest BCUT2D eigenvalue weighted by molar-refractivity contribution is 0.312. The maximum atomic E-state index is 4.51. The molecule has 0 radical (unpaired) electrons. The van der Waals surface area contributed by atoms with Crippen molar-refractivity contribution >= 4 is 17.3 Å². The van der Waals surface area contributed by atoms with Crippen molar-refractivity contribution in [3.8, 4) is 0 Å². The van der Waals surface area contributed by atoms with Gasteiger partial charge in [-0.2, -0.15) is 0 Å². The Morgan fingerprint density at radius 2 is 1.68 bits per heavy atom. The summed E-state index contributed by atoms with van der Waals surface area (Å²) >= 11 is 0. The predicted molar refractivity (Wildman–Crippen MR) is 88.9 cm³/mol. The monoisotopic (exact) mass is 295 g/mol. The molecule has 0 unspecified atom stereocenters. The SMILES string of the molecule is CN1CCN(c2cc(N3CCc4ccccc43)ncn2)CC1. The Kier molecular flexibility index (Phi) is 3.42. The number of hydrogen-bond acceptors (Lipinski definition) is 5. The van der Waals surface area contributed by atoms with Crippen LogP contribution >= 0.6 is 0 Å². The molecule has 4 rings (SSSR count). The first-order valence-corrected chi connectivity index (χ1v) is 7.92. The molecule has 0 amide bonds. The number of nitrogens with zero attached hydrogens (tertiary/aromatic N) is 5. The lowest BCUT2D eigenvalue weighted by atomic mass is 10.2. The van der Waals surface area contributed by atoms with Gasteiger partial charge in [0.2, 0.25) is 0 Å². The van der Waals surface area contributed by atoms with Gasteiger partial charge >= 0.3 is 0 Å². The van der Waals surface area contributed by atoms with Gasteiger partial charge in [0.25, 0.3) is 0 Å². The second kappa shape index (κ2) is 5.57. The summed E-state index contributed by atoms with van der Waals surface area (Å²) in [5.74, 6) is 2.05. The van der Waals surface area contributed by atoms with E-state index in [9.17, 15) is 0 Å². The molecule has 114 valence electrons. The van der Waals surface area contributed by atoms with Crippen molar-refractivity contribution in [3.63, 3.8) is 0 Å². The van der Waals surface area contributed by atoms with Crippen molar-refractivity contribution in [2.75, 3.05) is 49.6 Å². The maximum Gasteiger partial charge on any atom is 0.138 e. The van der Waals surface area contributed by atoms with Gasteiger partial charge < -0.3 is 14.7 Å². The van der Waals surface area contributed by atoms with Gasteiger partial charge in [0, 0.05) is 44.5 Å². The number of piperazine rings is 1. The van der Waals surface area contributed by atoms with E-state index in [1.165, 1.54) is 11.3 Å². The van der Waals surface area contributed by atoms with Gasteiger partial charge in [0.1, 0.15) is 18.0 Å². The van der Waals surface area contributed by atoms with Gasteiger partial charge in [-0.1, -0.05) is 18.2 Å². The van der Waals surface area contributed by atoms with Crippen molar-refractivity contribution < 1.29 is 0 Å². The molecule has 1 saturated heterocycles. The number of benzene rings is 1. The minimum absolute atomic E-state index is 0.999. The van der Waals surface area contributed by atoms with E-state index >= 15 is 0 Å². The number of hydrogen-bond donors (Lipinski definition) is 0. The molecule has 0 atom stereocenters. The summed E-state index contributed by atoms with van der Waals surface area (Å²) in [4.78, 5) is 16.0. The zero-order valence-corrected chi connectivity index (χ0v) is 12.9. The molecule has 2 aromatic rings. The fourth-order valence-electron chi connectivity index (χ4n) is 3.27. The molecule has 0 saturated carbocycles. The maximum absolute atomic E-state index is 4.51. The Hall–Kier alpha value is -2.14. The van der Waals surface area contributed by atoms with Crippen LogP contribution in [0.4, 0.5) is 17.3 Å². The van der Waals surface area contributed by atoms with Crippen molar-refractivity contribution in [2.45, 2.75) is 6.42 Å². The zero-order chi connectivity index (χ0) is 14.9. The van der Waals surface area contributed by atoms with Gasteiger partial charge in [-0.15, -0.1) is 0 Å². The minimum Gasteiger partial charge on any atom is -0.354 e. The summed E-state index contributed by atoms with van der Waals surface area (Å²) < 4.78 is 0. The van der Waals surface area contributed by atoms with Crippen LogP contribution in [0.15, 0.2) is 36.7 Å². The molecule has 0 bridgehead atoms. The Morgan fingerprint density at radius 1 is 0.909 bits per heavy atom. The lowest BCUT2D eigenvalue weighted by Crippen LogP contribution is -2.44. The lowest BCUT2D eigenvalue weighted by Gasteiger charge is -2.33. The molecule has 5 heteroatoms. The van der Waals surface area contributed by atoms with Crippen LogP contribution in [0.2, 0.25) is 0 Å². The highest BCUT2D eigenvalue weighted by molar-refractivity contribution is 5.68. The minimum atomic E-state index is 0.999. The van der Waals surface area contributed by atoms with E-state index in [1.807, 2.05) is 0 Å². The molecule has 0 spiro atoms. The van der Waals surface area contributed by atoms with Crippen LogP contribution in [-0.4, -0.2) is 54.6 Å². The van der Waals surface area contributed by atoms with Crippen LogP contribution in [0.3, 0.4) is 0 Å². The number of para-hydroxylation sites is 1. The highest BCUT2D eigenvalue weighted by Gasteiger charge is 2.22. The molecule has 1 aromatic heterocycles. The van der Waals surface area contributed by atoms with E-state index in [0.717, 1.165) is 50.8 Å². The third-order valence-corrected chi connectivity index (χ3v) is 4.63. The molecule has 22 heavy (non-hydrogen) atoms. The fraction of sp³-hybridized carbons (Fsp3) is 0.412. The zero-order valence-electron chi connectivity index (χ0n) is 12.9. The third kappa shape index (κ3) is 2.41. The summed E-state index contributed by atoms with van der Waals surface area (Å²) in [5.41, 5.74) is 2.69. The quantitative estimate of drug-likeness (QED) is 0.846. The van der Waals surface area contributed by atoms with Gasteiger partial charge in [-0.25, -0.2) is 9.97 Å². The van der Waals surface area contributed by atoms with E-state index in [-0.39, 0.29) is 0 Å². The summed E-state index contributed by atoms with van der Waals surface area (Å²) in [7, 11) is 2.17. The normalized spacial score (nSPS) is 18.6. The van der Waals surface area contributed by atoms with Crippen LogP contribution in [0, 0.1) is 0 Å². The molecular formula is C17H21N5. The molecule has 3 heterocycles. The van der Waals surface area contributed by atoms with E-state index in [4.69, 9.17) is 0 Å². The molecular weight excluding hydrogens is 274 g/mol. The highest BCUT2D eigenvalue weighted by Crippen LogP contribution is 2.33. The Bertz CT molecular complexity index is 664. The van der Waals surface area contributed by atoms with Crippen LogP contribution in [0.1, 0.15) is 5.56 Å². The first kappa shape index (κ1) is 13.5. The average molecular weight is 295 g/mol. The Morgan fingerprint density at radius 3 is 2.55 bits per heavy atom. The van der Waals surface area contributed by atoms with E-state index in [1.54, 1.807) is 6.33 Å². The van der Waals surface area contributed by atoms with Crippen LogP contribution in [0.25, 0.3) is 0 Å². The van der Waals surface area contributed by atoms with Gasteiger partial charge in [-0.3, -0.25) is 0 Å². The first-order valence-electron chi connectivity index (χ1n) is 7.92. The van der Waals surface area contributed by atoms with Crippen LogP contribution in [0.5, 0.6) is 0 Å². The third-order valence-electron chi connectivity index (χ3n) is 4.63. The topological polar surface area (TPSA) is 35.5 Å². The summed E-state index contributed by atoms with van der Waals surface area (Å²) in [6.45, 7) is 5.24. The predicted octanol–water partition coefficient (Wildman–Crippen LogP) is 1.92. The van der Waals surface area contributed by atoms with Crippen molar-refractivity contribution in [1.29, 1.82) is 0 Å². The summed E-state index contributed by atoms with van der Waals surface area (Å²) in [5, 5.41) is 0. The number of rotatable bonds is 2. The average Bonchev–Trinajstić information content (AvgIpc) is 3.00. The molecule has 5 nitrogen and oxygen atoms in total. The van der Waals surface area contributed by atoms with Crippen LogP contribution < -0.4 is 9.80 Å². The molecule has 0 N–H and O–H groups in total. The second-order valence-electron chi connectivity index (χ2n) is 6.06.